The van der Waals surface area contributed by atoms with Gasteiger partial charge >= 0.3 is 5.97 Å². The molecule has 7 nitrogen and oxygen atoms in total. The summed E-state index contributed by atoms with van der Waals surface area (Å²) in [6.45, 7) is 0.295. The molecule has 0 aromatic heterocycles. The predicted octanol–water partition coefficient (Wildman–Crippen LogP) is 0.298. The number of anilines is 1. The Morgan fingerprint density at radius 1 is 1.59 bits per heavy atom. The monoisotopic (exact) mass is 372 g/mol. The molecule has 0 saturated heterocycles. The molecule has 0 aliphatic carbocycles. The first kappa shape index (κ1) is 16.7. The quantitative estimate of drug-likeness (QED) is 0.698. The number of benzene rings is 1. The second-order valence-electron chi connectivity index (χ2n) is 4.66. The summed E-state index contributed by atoms with van der Waals surface area (Å²) < 4.78 is 10.8. The summed E-state index contributed by atoms with van der Waals surface area (Å²) in [7, 11) is 1.26. The van der Waals surface area contributed by atoms with E-state index in [4.69, 9.17) is 9.84 Å². The summed E-state index contributed by atoms with van der Waals surface area (Å²) in [4.78, 5) is 25.0. The van der Waals surface area contributed by atoms with Gasteiger partial charge in [-0.2, -0.15) is 0 Å². The fraction of sp³-hybridized carbons (Fsp3) is 0.429. The molecule has 8 heteroatoms. The number of esters is 1. The first-order chi connectivity index (χ1) is 10.6. The average Bonchev–Trinajstić information content (AvgIpc) is 2.52. The van der Waals surface area contributed by atoms with Crippen LogP contribution in [0.15, 0.2) is 22.7 Å². The minimum atomic E-state index is -0.800. The first-order valence-electron chi connectivity index (χ1n) is 6.71. The molecule has 120 valence electrons. The number of rotatable bonds is 6. The van der Waals surface area contributed by atoms with Gasteiger partial charge in [-0.3, -0.25) is 9.59 Å². The van der Waals surface area contributed by atoms with Crippen molar-refractivity contribution in [3.05, 3.63) is 22.7 Å². The molecule has 0 spiro atoms. The van der Waals surface area contributed by atoms with E-state index < -0.39 is 12.0 Å². The van der Waals surface area contributed by atoms with Crippen LogP contribution in [0.25, 0.3) is 0 Å². The highest BCUT2D eigenvalue weighted by Gasteiger charge is 2.26. The Bertz CT molecular complexity index is 566. The maximum Gasteiger partial charge on any atom is 0.325 e. The maximum absolute atomic E-state index is 12.0. The molecule has 0 saturated carbocycles. The van der Waals surface area contributed by atoms with Crippen molar-refractivity contribution >= 4 is 33.5 Å². The minimum Gasteiger partial charge on any atom is -0.482 e. The zero-order valence-corrected chi connectivity index (χ0v) is 13.6. The van der Waals surface area contributed by atoms with Crippen molar-refractivity contribution in [2.24, 2.45) is 0 Å². The van der Waals surface area contributed by atoms with Gasteiger partial charge in [0.15, 0.2) is 6.61 Å². The molecular formula is C14H17BrN2O5. The summed E-state index contributed by atoms with van der Waals surface area (Å²) in [5.74, 6) is -0.0731. The van der Waals surface area contributed by atoms with E-state index in [2.05, 4.69) is 26.0 Å². The largest absolute Gasteiger partial charge is 0.482 e. The lowest BCUT2D eigenvalue weighted by Crippen LogP contribution is -2.47. The fourth-order valence-electron chi connectivity index (χ4n) is 2.14. The van der Waals surface area contributed by atoms with Crippen molar-refractivity contribution in [2.75, 3.05) is 38.3 Å². The molecule has 1 aromatic carbocycles. The van der Waals surface area contributed by atoms with Crippen molar-refractivity contribution in [1.82, 2.24) is 5.32 Å². The summed E-state index contributed by atoms with van der Waals surface area (Å²) in [5.41, 5.74) is 0.680. The lowest BCUT2D eigenvalue weighted by Gasteiger charge is -2.30. The summed E-state index contributed by atoms with van der Waals surface area (Å²) in [6, 6.07) is 4.62. The number of halogens is 1. The fourth-order valence-corrected chi connectivity index (χ4v) is 2.48. The van der Waals surface area contributed by atoms with Gasteiger partial charge in [0, 0.05) is 17.6 Å². The van der Waals surface area contributed by atoms with Gasteiger partial charge in [0.25, 0.3) is 5.91 Å². The SMILES string of the molecule is COC(=O)C(CO)NCCN1C(=O)COc2cc(Br)ccc21. The van der Waals surface area contributed by atoms with Gasteiger partial charge in [-0.05, 0) is 18.2 Å². The highest BCUT2D eigenvalue weighted by atomic mass is 79.9. The van der Waals surface area contributed by atoms with Crippen LogP contribution >= 0.6 is 15.9 Å². The molecular weight excluding hydrogens is 356 g/mol. The third-order valence-electron chi connectivity index (χ3n) is 3.26. The number of nitrogens with zero attached hydrogens (tertiary/aromatic N) is 1. The first-order valence-corrected chi connectivity index (χ1v) is 7.51. The standard InChI is InChI=1S/C14H17BrN2O5/c1-21-14(20)10(7-18)16-4-5-17-11-3-2-9(15)6-12(11)22-8-13(17)19/h2-3,6,10,16,18H,4-5,7-8H2,1H3. The molecule has 2 rings (SSSR count). The molecule has 0 radical (unpaired) electrons. The molecule has 0 fully saturated rings. The molecule has 1 atom stereocenters. The molecule has 1 heterocycles. The highest BCUT2D eigenvalue weighted by molar-refractivity contribution is 9.10. The van der Waals surface area contributed by atoms with Crippen LogP contribution in [0.2, 0.25) is 0 Å². The Kier molecular flexibility index (Phi) is 5.76. The molecule has 22 heavy (non-hydrogen) atoms. The zero-order valence-electron chi connectivity index (χ0n) is 12.0. The average molecular weight is 373 g/mol. The van der Waals surface area contributed by atoms with Crippen molar-refractivity contribution in [2.45, 2.75) is 6.04 Å². The molecule has 1 aromatic rings. The van der Waals surface area contributed by atoms with Crippen LogP contribution in [0.5, 0.6) is 5.75 Å². The summed E-state index contributed by atoms with van der Waals surface area (Å²) >= 11 is 3.36. The third-order valence-corrected chi connectivity index (χ3v) is 3.75. The number of carbonyl (C=O) groups excluding carboxylic acids is 2. The van der Waals surface area contributed by atoms with E-state index in [1.807, 2.05) is 6.07 Å². The van der Waals surface area contributed by atoms with Gasteiger partial charge in [0.2, 0.25) is 0 Å². The van der Waals surface area contributed by atoms with Crippen LogP contribution in [-0.4, -0.2) is 56.4 Å². The third kappa shape index (κ3) is 3.76. The van der Waals surface area contributed by atoms with Crippen LogP contribution in [0.1, 0.15) is 0 Å². The molecule has 1 aliphatic rings. The molecule has 2 N–H and O–H groups in total. The minimum absolute atomic E-state index is 0.0239. The van der Waals surface area contributed by atoms with E-state index in [1.54, 1.807) is 17.0 Å². The number of fused-ring (bicyclic) bond motifs is 1. The number of hydrogen-bond donors (Lipinski definition) is 2. The number of methoxy groups -OCH3 is 1. The Morgan fingerprint density at radius 2 is 2.36 bits per heavy atom. The maximum atomic E-state index is 12.0. The van der Waals surface area contributed by atoms with Crippen LogP contribution in [0.4, 0.5) is 5.69 Å². The van der Waals surface area contributed by atoms with Gasteiger partial charge in [0.05, 0.1) is 19.4 Å². The Morgan fingerprint density at radius 3 is 3.05 bits per heavy atom. The number of aliphatic hydroxyl groups excluding tert-OH is 1. The van der Waals surface area contributed by atoms with Crippen molar-refractivity contribution in [3.8, 4) is 5.75 Å². The van der Waals surface area contributed by atoms with E-state index in [0.717, 1.165) is 4.47 Å². The Hall–Kier alpha value is -1.64. The number of aliphatic hydroxyl groups is 1. The van der Waals surface area contributed by atoms with Gasteiger partial charge in [-0.25, -0.2) is 0 Å². The van der Waals surface area contributed by atoms with Crippen molar-refractivity contribution in [1.29, 1.82) is 0 Å². The van der Waals surface area contributed by atoms with Crippen LogP contribution in [-0.2, 0) is 14.3 Å². The van der Waals surface area contributed by atoms with Gasteiger partial charge in [0.1, 0.15) is 11.8 Å². The van der Waals surface area contributed by atoms with Crippen molar-refractivity contribution in [3.63, 3.8) is 0 Å². The normalized spacial score (nSPS) is 15.0. The number of nitrogens with one attached hydrogen (secondary N) is 1. The number of carbonyl (C=O) groups is 2. The molecule has 1 unspecified atom stereocenters. The number of ether oxygens (including phenoxy) is 2. The second kappa shape index (κ2) is 7.57. The number of amides is 1. The second-order valence-corrected chi connectivity index (χ2v) is 5.57. The molecule has 1 amide bonds. The van der Waals surface area contributed by atoms with Crippen molar-refractivity contribution < 1.29 is 24.2 Å². The van der Waals surface area contributed by atoms with E-state index in [0.29, 0.717) is 24.5 Å². The highest BCUT2D eigenvalue weighted by Crippen LogP contribution is 2.34. The van der Waals surface area contributed by atoms with Gasteiger partial charge in [-0.15, -0.1) is 0 Å². The lowest BCUT2D eigenvalue weighted by atomic mass is 10.2. The predicted molar refractivity (Wildman–Crippen MR) is 82.9 cm³/mol. The molecule has 1 aliphatic heterocycles. The topological polar surface area (TPSA) is 88.1 Å². The van der Waals surface area contributed by atoms with Crippen LogP contribution in [0, 0.1) is 0 Å². The van der Waals surface area contributed by atoms with Gasteiger partial charge in [-0.1, -0.05) is 15.9 Å². The zero-order chi connectivity index (χ0) is 16.1. The lowest BCUT2D eigenvalue weighted by molar-refractivity contribution is -0.144. The Labute approximate surface area is 136 Å². The van der Waals surface area contributed by atoms with E-state index >= 15 is 0 Å². The Balaban J connectivity index is 2.01. The van der Waals surface area contributed by atoms with E-state index in [1.165, 1.54) is 7.11 Å². The summed E-state index contributed by atoms with van der Waals surface area (Å²) in [6.07, 6.45) is 0. The number of hydrogen-bond acceptors (Lipinski definition) is 6. The smallest absolute Gasteiger partial charge is 0.325 e. The summed E-state index contributed by atoms with van der Waals surface area (Å²) in [5, 5.41) is 12.0. The van der Waals surface area contributed by atoms with E-state index in [-0.39, 0.29) is 19.1 Å². The van der Waals surface area contributed by atoms with Crippen LogP contribution < -0.4 is 15.0 Å². The molecule has 0 bridgehead atoms. The van der Waals surface area contributed by atoms with Crippen LogP contribution in [0.3, 0.4) is 0 Å². The van der Waals surface area contributed by atoms with E-state index in [9.17, 15) is 9.59 Å². The van der Waals surface area contributed by atoms with Gasteiger partial charge < -0.3 is 24.8 Å².